The van der Waals surface area contributed by atoms with E-state index in [2.05, 4.69) is 20.8 Å². The summed E-state index contributed by atoms with van der Waals surface area (Å²) in [5, 5.41) is 22.4. The zero-order chi connectivity index (χ0) is 19.3. The number of nitrogens with one attached hydrogen (secondary N) is 2. The van der Waals surface area contributed by atoms with E-state index in [1.54, 1.807) is 14.0 Å². The van der Waals surface area contributed by atoms with E-state index in [1.165, 1.54) is 21.6 Å². The Morgan fingerprint density at radius 1 is 1.27 bits per heavy atom. The van der Waals surface area contributed by atoms with Crippen molar-refractivity contribution in [1.29, 1.82) is 0 Å². The van der Waals surface area contributed by atoms with E-state index < -0.39 is 11.9 Å². The number of carboxylic acids is 1. The number of carboxylic acid groups (broad SMARTS) is 1. The molecular formula is C15H19ClN6O4. The summed E-state index contributed by atoms with van der Waals surface area (Å²) in [6.07, 6.45) is 1.43. The minimum Gasteiger partial charge on any atom is -0.477 e. The average Bonchev–Trinajstić information content (AvgIpc) is 3.17. The number of hydrogen-bond donors (Lipinski definition) is 3. The van der Waals surface area contributed by atoms with Crippen molar-refractivity contribution in [2.75, 3.05) is 13.1 Å². The van der Waals surface area contributed by atoms with Crippen molar-refractivity contribution in [3.8, 4) is 0 Å². The first-order valence-electron chi connectivity index (χ1n) is 7.80. The quantitative estimate of drug-likeness (QED) is 0.559. The van der Waals surface area contributed by atoms with Gasteiger partial charge in [0.2, 0.25) is 5.91 Å². The molecule has 26 heavy (non-hydrogen) atoms. The predicted octanol–water partition coefficient (Wildman–Crippen LogP) is 0.213. The van der Waals surface area contributed by atoms with Gasteiger partial charge in [0.25, 0.3) is 5.91 Å². The fraction of sp³-hybridized carbons (Fsp3) is 0.400. The molecule has 0 fully saturated rings. The summed E-state index contributed by atoms with van der Waals surface area (Å²) in [7, 11) is 1.69. The van der Waals surface area contributed by atoms with Crippen molar-refractivity contribution in [3.05, 3.63) is 34.4 Å². The lowest BCUT2D eigenvalue weighted by Gasteiger charge is -2.07. The van der Waals surface area contributed by atoms with Crippen LogP contribution in [-0.4, -0.2) is 55.5 Å². The summed E-state index contributed by atoms with van der Waals surface area (Å²) in [5.74, 6) is -1.80. The second-order valence-corrected chi connectivity index (χ2v) is 5.85. The van der Waals surface area contributed by atoms with Gasteiger partial charge < -0.3 is 15.7 Å². The minimum atomic E-state index is -1.10. The third-order valence-electron chi connectivity index (χ3n) is 3.70. The summed E-state index contributed by atoms with van der Waals surface area (Å²) in [4.78, 5) is 34.7. The fourth-order valence-corrected chi connectivity index (χ4v) is 2.42. The van der Waals surface area contributed by atoms with Crippen LogP contribution in [0.2, 0.25) is 5.02 Å². The van der Waals surface area contributed by atoms with Crippen LogP contribution in [0.25, 0.3) is 0 Å². The van der Waals surface area contributed by atoms with E-state index in [0.717, 1.165) is 0 Å². The number of nitrogens with zero attached hydrogens (tertiary/aromatic N) is 4. The lowest BCUT2D eigenvalue weighted by atomic mass is 10.3. The minimum absolute atomic E-state index is 0.0209. The first kappa shape index (κ1) is 19.4. The maximum Gasteiger partial charge on any atom is 0.354 e. The number of carbonyl (C=O) groups excluding carboxylic acids is 2. The van der Waals surface area contributed by atoms with Crippen molar-refractivity contribution >= 4 is 29.4 Å². The van der Waals surface area contributed by atoms with Crippen molar-refractivity contribution in [1.82, 2.24) is 30.2 Å². The number of aromatic nitrogens is 4. The van der Waals surface area contributed by atoms with Gasteiger partial charge in [-0.15, -0.1) is 0 Å². The molecule has 0 saturated carbocycles. The molecule has 0 unspecified atom stereocenters. The van der Waals surface area contributed by atoms with Crippen molar-refractivity contribution in [2.45, 2.75) is 19.9 Å². The molecule has 2 amide bonds. The Morgan fingerprint density at radius 2 is 1.96 bits per heavy atom. The van der Waals surface area contributed by atoms with Crippen LogP contribution in [0.5, 0.6) is 0 Å². The number of halogens is 1. The van der Waals surface area contributed by atoms with Gasteiger partial charge in [-0.25, -0.2) is 4.79 Å². The summed E-state index contributed by atoms with van der Waals surface area (Å²) >= 11 is 6.03. The molecule has 140 valence electrons. The molecule has 11 heteroatoms. The molecule has 3 N–H and O–H groups in total. The second-order valence-electron chi connectivity index (χ2n) is 5.47. The van der Waals surface area contributed by atoms with Gasteiger partial charge in [-0.3, -0.25) is 19.0 Å². The Bertz CT molecular complexity index is 828. The van der Waals surface area contributed by atoms with Gasteiger partial charge in [-0.1, -0.05) is 11.6 Å². The van der Waals surface area contributed by atoms with Crippen LogP contribution in [0.1, 0.15) is 33.1 Å². The molecule has 0 atom stereocenters. The van der Waals surface area contributed by atoms with Crippen LogP contribution in [-0.2, 0) is 18.4 Å². The third kappa shape index (κ3) is 4.60. The first-order valence-corrected chi connectivity index (χ1v) is 8.18. The number of aryl methyl sites for hydroxylation is 2. The van der Waals surface area contributed by atoms with E-state index >= 15 is 0 Å². The summed E-state index contributed by atoms with van der Waals surface area (Å²) in [5.41, 5.74) is 0.843. The van der Waals surface area contributed by atoms with Crippen molar-refractivity contribution in [2.24, 2.45) is 7.05 Å². The summed E-state index contributed by atoms with van der Waals surface area (Å²) < 4.78 is 2.76. The van der Waals surface area contributed by atoms with Crippen LogP contribution >= 0.6 is 11.6 Å². The highest BCUT2D eigenvalue weighted by Gasteiger charge is 2.17. The highest BCUT2D eigenvalue weighted by atomic mass is 35.5. The van der Waals surface area contributed by atoms with Gasteiger partial charge in [-0.05, 0) is 13.0 Å². The third-order valence-corrected chi connectivity index (χ3v) is 4.15. The Kier molecular flexibility index (Phi) is 6.34. The SMILES string of the molecule is Cc1c(Cl)c(C(=O)NCCNC(=O)CCn2nccc2C(=O)O)nn1C. The largest absolute Gasteiger partial charge is 0.477 e. The monoisotopic (exact) mass is 382 g/mol. The van der Waals surface area contributed by atoms with E-state index in [0.29, 0.717) is 10.7 Å². The number of amides is 2. The fourth-order valence-electron chi connectivity index (χ4n) is 2.18. The van der Waals surface area contributed by atoms with E-state index in [9.17, 15) is 14.4 Å². The molecule has 2 heterocycles. The van der Waals surface area contributed by atoms with Crippen LogP contribution < -0.4 is 10.6 Å². The van der Waals surface area contributed by atoms with E-state index in [4.69, 9.17) is 16.7 Å². The molecule has 0 saturated heterocycles. The zero-order valence-electron chi connectivity index (χ0n) is 14.3. The molecule has 0 spiro atoms. The highest BCUT2D eigenvalue weighted by molar-refractivity contribution is 6.34. The predicted molar refractivity (Wildman–Crippen MR) is 92.1 cm³/mol. The smallest absolute Gasteiger partial charge is 0.354 e. The molecular weight excluding hydrogens is 364 g/mol. The Hall–Kier alpha value is -2.88. The maximum atomic E-state index is 12.0. The normalized spacial score (nSPS) is 10.6. The lowest BCUT2D eigenvalue weighted by Crippen LogP contribution is -2.35. The molecule has 0 aliphatic rings. The highest BCUT2D eigenvalue weighted by Crippen LogP contribution is 2.18. The van der Waals surface area contributed by atoms with Crippen molar-refractivity contribution < 1.29 is 19.5 Å². The molecule has 0 bridgehead atoms. The zero-order valence-corrected chi connectivity index (χ0v) is 15.1. The van der Waals surface area contributed by atoms with Gasteiger partial charge in [0, 0.05) is 32.8 Å². The topological polar surface area (TPSA) is 131 Å². The second kappa shape index (κ2) is 8.48. The molecule has 10 nitrogen and oxygen atoms in total. The number of carbonyl (C=O) groups is 3. The Labute approximate surface area is 154 Å². The van der Waals surface area contributed by atoms with Gasteiger partial charge in [0.1, 0.15) is 5.69 Å². The van der Waals surface area contributed by atoms with E-state index in [1.807, 2.05) is 0 Å². The molecule has 0 radical (unpaired) electrons. The van der Waals surface area contributed by atoms with E-state index in [-0.39, 0.29) is 43.4 Å². The Morgan fingerprint density at radius 3 is 2.58 bits per heavy atom. The van der Waals surface area contributed by atoms with Gasteiger partial charge in [0.15, 0.2) is 5.69 Å². The molecule has 0 aliphatic heterocycles. The lowest BCUT2D eigenvalue weighted by molar-refractivity contribution is -0.121. The summed E-state index contributed by atoms with van der Waals surface area (Å²) in [6, 6.07) is 1.36. The van der Waals surface area contributed by atoms with Crippen LogP contribution in [0, 0.1) is 6.92 Å². The Balaban J connectivity index is 1.71. The number of rotatable bonds is 8. The molecule has 0 aliphatic carbocycles. The average molecular weight is 383 g/mol. The van der Waals surface area contributed by atoms with Crippen LogP contribution in [0.15, 0.2) is 12.3 Å². The first-order chi connectivity index (χ1) is 12.3. The molecule has 2 aromatic heterocycles. The number of hydrogen-bond acceptors (Lipinski definition) is 5. The van der Waals surface area contributed by atoms with Crippen LogP contribution in [0.4, 0.5) is 0 Å². The van der Waals surface area contributed by atoms with Gasteiger partial charge >= 0.3 is 5.97 Å². The molecule has 2 aromatic rings. The molecule has 0 aromatic carbocycles. The summed E-state index contributed by atoms with van der Waals surface area (Å²) in [6.45, 7) is 2.33. The van der Waals surface area contributed by atoms with Crippen LogP contribution in [0.3, 0.4) is 0 Å². The van der Waals surface area contributed by atoms with Crippen molar-refractivity contribution in [3.63, 3.8) is 0 Å². The molecule has 2 rings (SSSR count). The van der Waals surface area contributed by atoms with Gasteiger partial charge in [0.05, 0.1) is 17.3 Å². The maximum absolute atomic E-state index is 12.0. The number of aromatic carboxylic acids is 1. The standard InChI is InChI=1S/C15H19ClN6O4/c1-9-12(16)13(20-21(9)2)14(24)18-7-6-17-11(23)4-8-22-10(15(25)26)3-5-19-22/h3,5H,4,6-8H2,1-2H3,(H,17,23)(H,18,24)(H,25,26). The van der Waals surface area contributed by atoms with Gasteiger partial charge in [-0.2, -0.15) is 10.2 Å².